The summed E-state index contributed by atoms with van der Waals surface area (Å²) in [5, 5.41) is 11.9. The first-order chi connectivity index (χ1) is 13.3. The summed E-state index contributed by atoms with van der Waals surface area (Å²) < 4.78 is 7.20. The molecule has 1 aliphatic rings. The van der Waals surface area contributed by atoms with Gasteiger partial charge in [-0.25, -0.2) is 0 Å². The Hall–Kier alpha value is -1.91. The van der Waals surface area contributed by atoms with Gasteiger partial charge in [-0.1, -0.05) is 94.3 Å². The smallest absolute Gasteiger partial charge is 0.303 e. The van der Waals surface area contributed by atoms with Crippen LogP contribution >= 0.6 is 0 Å². The summed E-state index contributed by atoms with van der Waals surface area (Å²) in [5.41, 5.74) is 0. The predicted octanol–water partition coefficient (Wildman–Crippen LogP) is 4.60. The molecule has 4 heteroatoms. The van der Waals surface area contributed by atoms with E-state index in [1.807, 2.05) is 12.1 Å². The molecular weight excluding hydrogens is 364 g/mol. The number of carbonyl (C=O) groups is 1. The maximum atomic E-state index is 11.5. The van der Waals surface area contributed by atoms with Crippen molar-refractivity contribution in [1.29, 1.82) is 0 Å². The van der Waals surface area contributed by atoms with Crippen LogP contribution in [0.5, 0.6) is 0 Å². The van der Waals surface area contributed by atoms with Crippen LogP contribution in [0.15, 0.2) is 60.7 Å². The first-order valence-electron chi connectivity index (χ1n) is 10.4. The Balaban J connectivity index is 2.11. The van der Waals surface area contributed by atoms with E-state index >= 15 is 0 Å². The van der Waals surface area contributed by atoms with Gasteiger partial charge in [-0.05, 0) is 34.2 Å². The predicted molar refractivity (Wildman–Crippen MR) is 117 cm³/mol. The SMILES string of the molecule is CC(C)(C)[Si](OC1CCCCC1CC(=O)O)(c1ccccc1)c1ccccc1. The first kappa shape index (κ1) is 20.8. The van der Waals surface area contributed by atoms with E-state index in [0.717, 1.165) is 25.7 Å². The van der Waals surface area contributed by atoms with E-state index in [9.17, 15) is 9.90 Å². The monoisotopic (exact) mass is 396 g/mol. The Labute approximate surface area is 169 Å². The summed E-state index contributed by atoms with van der Waals surface area (Å²) in [5.74, 6) is -0.629. The van der Waals surface area contributed by atoms with Crippen LogP contribution in [0.4, 0.5) is 0 Å². The molecule has 0 saturated heterocycles. The zero-order valence-electron chi connectivity index (χ0n) is 17.2. The molecule has 2 unspecified atom stereocenters. The van der Waals surface area contributed by atoms with E-state index < -0.39 is 14.3 Å². The highest BCUT2D eigenvalue weighted by atomic mass is 28.4. The zero-order valence-corrected chi connectivity index (χ0v) is 18.2. The first-order valence-corrected chi connectivity index (χ1v) is 12.3. The van der Waals surface area contributed by atoms with E-state index in [4.69, 9.17) is 4.43 Å². The number of carboxylic acids is 1. The molecule has 0 bridgehead atoms. The fourth-order valence-corrected chi connectivity index (χ4v) is 9.48. The lowest BCUT2D eigenvalue weighted by molar-refractivity contribution is -0.139. The van der Waals surface area contributed by atoms with Gasteiger partial charge < -0.3 is 9.53 Å². The van der Waals surface area contributed by atoms with E-state index in [2.05, 4.69) is 69.3 Å². The fourth-order valence-electron chi connectivity index (χ4n) is 4.70. The number of hydrogen-bond donors (Lipinski definition) is 1. The summed E-state index contributed by atoms with van der Waals surface area (Å²) in [7, 11) is -2.62. The van der Waals surface area contributed by atoms with Crippen molar-refractivity contribution in [3.05, 3.63) is 60.7 Å². The minimum absolute atomic E-state index is 0.00356. The third kappa shape index (κ3) is 4.23. The topological polar surface area (TPSA) is 46.5 Å². The lowest BCUT2D eigenvalue weighted by atomic mass is 9.84. The highest BCUT2D eigenvalue weighted by Gasteiger charge is 2.52. The van der Waals surface area contributed by atoms with E-state index in [1.54, 1.807) is 0 Å². The lowest BCUT2D eigenvalue weighted by Crippen LogP contribution is -2.68. The Morgan fingerprint density at radius 3 is 1.93 bits per heavy atom. The maximum absolute atomic E-state index is 11.5. The van der Waals surface area contributed by atoms with Gasteiger partial charge in [0.15, 0.2) is 0 Å². The largest absolute Gasteiger partial charge is 0.481 e. The van der Waals surface area contributed by atoms with Gasteiger partial charge in [0.25, 0.3) is 8.32 Å². The molecule has 1 fully saturated rings. The maximum Gasteiger partial charge on any atom is 0.303 e. The number of hydrogen-bond acceptors (Lipinski definition) is 2. The molecule has 3 rings (SSSR count). The molecule has 3 nitrogen and oxygen atoms in total. The zero-order chi connectivity index (χ0) is 20.2. The van der Waals surface area contributed by atoms with Gasteiger partial charge in [0.2, 0.25) is 0 Å². The van der Waals surface area contributed by atoms with Crippen molar-refractivity contribution >= 4 is 24.7 Å². The van der Waals surface area contributed by atoms with Crippen molar-refractivity contribution in [2.45, 2.75) is 64.0 Å². The van der Waals surface area contributed by atoms with E-state index in [-0.39, 0.29) is 23.5 Å². The van der Waals surface area contributed by atoms with Gasteiger partial charge in [0.1, 0.15) is 0 Å². The van der Waals surface area contributed by atoms with Crippen molar-refractivity contribution in [2.75, 3.05) is 0 Å². The molecule has 0 heterocycles. The Bertz CT molecular complexity index is 728. The van der Waals surface area contributed by atoms with Crippen molar-refractivity contribution in [1.82, 2.24) is 0 Å². The lowest BCUT2D eigenvalue weighted by Gasteiger charge is -2.47. The normalized spacial score (nSPS) is 20.7. The summed E-state index contributed by atoms with van der Waals surface area (Å²) in [6.45, 7) is 6.82. The second-order valence-corrected chi connectivity index (χ2v) is 13.2. The highest BCUT2D eigenvalue weighted by molar-refractivity contribution is 6.99. The van der Waals surface area contributed by atoms with Gasteiger partial charge in [-0.3, -0.25) is 4.79 Å². The summed E-state index contributed by atoms with van der Waals surface area (Å²) >= 11 is 0. The van der Waals surface area contributed by atoms with Gasteiger partial charge in [-0.15, -0.1) is 0 Å². The second-order valence-electron chi connectivity index (χ2n) is 8.96. The van der Waals surface area contributed by atoms with Gasteiger partial charge in [0.05, 0.1) is 6.42 Å². The van der Waals surface area contributed by atoms with Crippen LogP contribution in [0.1, 0.15) is 52.9 Å². The minimum Gasteiger partial charge on any atom is -0.481 e. The molecule has 150 valence electrons. The summed E-state index contributed by atoms with van der Waals surface area (Å²) in [6.07, 6.45) is 4.29. The molecule has 0 aromatic heterocycles. The molecule has 28 heavy (non-hydrogen) atoms. The molecule has 1 saturated carbocycles. The number of carboxylic acid groups (broad SMARTS) is 1. The quantitative estimate of drug-likeness (QED) is 0.726. The Kier molecular flexibility index (Phi) is 6.41. The third-order valence-corrected chi connectivity index (χ3v) is 11.1. The Morgan fingerprint density at radius 1 is 0.964 bits per heavy atom. The van der Waals surface area contributed by atoms with Crippen LogP contribution in [-0.2, 0) is 9.22 Å². The number of rotatable bonds is 6. The van der Waals surface area contributed by atoms with Crippen LogP contribution in [0.25, 0.3) is 0 Å². The van der Waals surface area contributed by atoms with Crippen LogP contribution < -0.4 is 10.4 Å². The van der Waals surface area contributed by atoms with Gasteiger partial charge >= 0.3 is 5.97 Å². The average Bonchev–Trinajstić information content (AvgIpc) is 2.67. The molecule has 1 N–H and O–H groups in total. The Morgan fingerprint density at radius 2 is 1.46 bits per heavy atom. The molecule has 0 aliphatic heterocycles. The summed E-state index contributed by atoms with van der Waals surface area (Å²) in [4.78, 5) is 11.5. The molecule has 1 aliphatic carbocycles. The molecule has 2 atom stereocenters. The third-order valence-electron chi connectivity index (χ3n) is 6.02. The standard InChI is InChI=1S/C24H32O3Si/c1-24(2,3)28(20-13-6-4-7-14-20,21-15-8-5-9-16-21)27-22-17-11-10-12-19(22)18-23(25)26/h4-9,13-16,19,22H,10-12,17-18H2,1-3H3,(H,25,26). The van der Waals surface area contributed by atoms with Crippen molar-refractivity contribution in [3.8, 4) is 0 Å². The molecule has 0 amide bonds. The van der Waals surface area contributed by atoms with Crippen LogP contribution in [0.2, 0.25) is 5.04 Å². The van der Waals surface area contributed by atoms with Crippen LogP contribution in [0, 0.1) is 5.92 Å². The highest BCUT2D eigenvalue weighted by Crippen LogP contribution is 2.41. The van der Waals surface area contributed by atoms with Crippen molar-refractivity contribution in [2.24, 2.45) is 5.92 Å². The molecule has 0 spiro atoms. The number of benzene rings is 2. The molecule has 0 radical (unpaired) electrons. The van der Waals surface area contributed by atoms with Crippen molar-refractivity contribution < 1.29 is 14.3 Å². The fraction of sp³-hybridized carbons (Fsp3) is 0.458. The molecule has 2 aromatic rings. The van der Waals surface area contributed by atoms with E-state index in [1.165, 1.54) is 10.4 Å². The van der Waals surface area contributed by atoms with Crippen molar-refractivity contribution in [3.63, 3.8) is 0 Å². The van der Waals surface area contributed by atoms with Gasteiger partial charge in [-0.2, -0.15) is 0 Å². The number of aliphatic carboxylic acids is 1. The van der Waals surface area contributed by atoms with Gasteiger partial charge in [0, 0.05) is 6.10 Å². The van der Waals surface area contributed by atoms with Crippen LogP contribution in [0.3, 0.4) is 0 Å². The molecular formula is C24H32O3Si. The minimum atomic E-state index is -2.62. The molecule has 2 aromatic carbocycles. The van der Waals surface area contributed by atoms with E-state index in [0.29, 0.717) is 0 Å². The van der Waals surface area contributed by atoms with Crippen LogP contribution in [-0.4, -0.2) is 25.5 Å². The average molecular weight is 397 g/mol. The summed E-state index contributed by atoms with van der Waals surface area (Å²) in [6, 6.07) is 21.2. The second kappa shape index (κ2) is 8.62.